The lowest BCUT2D eigenvalue weighted by Gasteiger charge is -2.28. The van der Waals surface area contributed by atoms with E-state index < -0.39 is 6.04 Å². The number of hydrogen-bond donors (Lipinski definition) is 1. The third kappa shape index (κ3) is 2.69. The van der Waals surface area contributed by atoms with Gasteiger partial charge in [0.15, 0.2) is 0 Å². The Kier molecular flexibility index (Phi) is 4.10. The predicted octanol–water partition coefficient (Wildman–Crippen LogP) is 2.22. The molecule has 1 unspecified atom stereocenters. The molecule has 0 saturated carbocycles. The molecule has 120 valence electrons. The van der Waals surface area contributed by atoms with Crippen molar-refractivity contribution in [2.24, 2.45) is 0 Å². The van der Waals surface area contributed by atoms with Gasteiger partial charge in [0.1, 0.15) is 11.9 Å². The summed E-state index contributed by atoms with van der Waals surface area (Å²) in [6.07, 6.45) is 5.07. The van der Waals surface area contributed by atoms with Gasteiger partial charge in [-0.3, -0.25) is 4.98 Å². The number of aryl methyl sites for hydroxylation is 1. The first-order valence-corrected chi connectivity index (χ1v) is 7.57. The maximum atomic E-state index is 12.5. The van der Waals surface area contributed by atoms with Crippen LogP contribution in [0.25, 0.3) is 0 Å². The molecule has 1 aliphatic rings. The zero-order valence-corrected chi connectivity index (χ0v) is 13.4. The van der Waals surface area contributed by atoms with E-state index in [4.69, 9.17) is 4.74 Å². The molecule has 23 heavy (non-hydrogen) atoms. The third-order valence-corrected chi connectivity index (χ3v) is 3.75. The number of hydrogen-bond acceptors (Lipinski definition) is 6. The van der Waals surface area contributed by atoms with E-state index in [2.05, 4.69) is 27.3 Å². The van der Waals surface area contributed by atoms with Gasteiger partial charge >= 0.3 is 5.97 Å². The van der Waals surface area contributed by atoms with E-state index in [1.54, 1.807) is 17.1 Å². The Morgan fingerprint density at radius 2 is 2.30 bits per heavy atom. The van der Waals surface area contributed by atoms with Crippen molar-refractivity contribution in [3.05, 3.63) is 47.2 Å². The van der Waals surface area contributed by atoms with E-state index >= 15 is 0 Å². The molecule has 1 N–H and O–H groups in total. The second-order valence-corrected chi connectivity index (χ2v) is 5.37. The fourth-order valence-electron chi connectivity index (χ4n) is 2.82. The van der Waals surface area contributed by atoms with Gasteiger partial charge in [0, 0.05) is 18.1 Å². The lowest BCUT2D eigenvalue weighted by Crippen LogP contribution is -2.30. The number of fused-ring (bicyclic) bond motifs is 1. The number of carbonyl (C=O) groups excluding carboxylic acids is 1. The van der Waals surface area contributed by atoms with Crippen LogP contribution in [0.15, 0.2) is 35.8 Å². The van der Waals surface area contributed by atoms with Crippen molar-refractivity contribution in [3.63, 3.8) is 0 Å². The van der Waals surface area contributed by atoms with E-state index in [0.29, 0.717) is 17.3 Å². The van der Waals surface area contributed by atoms with E-state index in [1.165, 1.54) is 7.11 Å². The fourth-order valence-corrected chi connectivity index (χ4v) is 2.82. The minimum Gasteiger partial charge on any atom is -0.466 e. The SMILES string of the molecule is CCCC1=C(C(=O)OC)C(c2cccnc2)n2nc(C)nc2N1. The van der Waals surface area contributed by atoms with Gasteiger partial charge in [0.2, 0.25) is 5.95 Å². The Hall–Kier alpha value is -2.70. The van der Waals surface area contributed by atoms with Crippen LogP contribution in [0.3, 0.4) is 0 Å². The van der Waals surface area contributed by atoms with Crippen LogP contribution >= 0.6 is 0 Å². The Labute approximate surface area is 134 Å². The number of nitrogens with zero attached hydrogens (tertiary/aromatic N) is 4. The van der Waals surface area contributed by atoms with Gasteiger partial charge in [-0.2, -0.15) is 10.1 Å². The normalized spacial score (nSPS) is 16.7. The summed E-state index contributed by atoms with van der Waals surface area (Å²) in [5.41, 5.74) is 2.25. The van der Waals surface area contributed by atoms with Crippen molar-refractivity contribution in [1.29, 1.82) is 0 Å². The van der Waals surface area contributed by atoms with Gasteiger partial charge < -0.3 is 10.1 Å². The second kappa shape index (κ2) is 6.20. The largest absolute Gasteiger partial charge is 0.466 e. The van der Waals surface area contributed by atoms with E-state index in [1.807, 2.05) is 19.1 Å². The highest BCUT2D eigenvalue weighted by Crippen LogP contribution is 2.36. The highest BCUT2D eigenvalue weighted by Gasteiger charge is 2.35. The van der Waals surface area contributed by atoms with E-state index in [-0.39, 0.29) is 5.97 Å². The van der Waals surface area contributed by atoms with Crippen LogP contribution in [0.5, 0.6) is 0 Å². The van der Waals surface area contributed by atoms with Crippen LogP contribution in [0.2, 0.25) is 0 Å². The molecular weight excluding hydrogens is 294 g/mol. The molecule has 0 bridgehead atoms. The number of methoxy groups -OCH3 is 1. The Morgan fingerprint density at radius 3 is 2.96 bits per heavy atom. The summed E-state index contributed by atoms with van der Waals surface area (Å²) in [5.74, 6) is 0.907. The summed E-state index contributed by atoms with van der Waals surface area (Å²) < 4.78 is 6.74. The zero-order valence-electron chi connectivity index (χ0n) is 13.4. The maximum absolute atomic E-state index is 12.5. The van der Waals surface area contributed by atoms with Crippen LogP contribution in [0.4, 0.5) is 5.95 Å². The molecule has 0 aromatic carbocycles. The van der Waals surface area contributed by atoms with Gasteiger partial charge in [0.25, 0.3) is 0 Å². The topological polar surface area (TPSA) is 81.9 Å². The molecular formula is C16H19N5O2. The van der Waals surface area contributed by atoms with Gasteiger partial charge in [-0.05, 0) is 25.0 Å². The number of pyridine rings is 1. The standard InChI is InChI=1S/C16H19N5O2/c1-4-6-12-13(15(22)23-3)14(11-7-5-8-17-9-11)21-16(19-12)18-10(2)20-21/h5,7-9,14H,4,6H2,1-3H3,(H,18,19,20). The highest BCUT2D eigenvalue weighted by atomic mass is 16.5. The molecule has 1 aliphatic heterocycles. The third-order valence-electron chi connectivity index (χ3n) is 3.75. The van der Waals surface area contributed by atoms with Gasteiger partial charge in [-0.1, -0.05) is 19.4 Å². The molecule has 7 nitrogen and oxygen atoms in total. The van der Waals surface area contributed by atoms with Crippen LogP contribution in [0.1, 0.15) is 37.2 Å². The second-order valence-electron chi connectivity index (χ2n) is 5.37. The first-order chi connectivity index (χ1) is 11.2. The van der Waals surface area contributed by atoms with Crippen molar-refractivity contribution in [3.8, 4) is 0 Å². The summed E-state index contributed by atoms with van der Waals surface area (Å²) in [6.45, 7) is 3.89. The molecule has 0 amide bonds. The van der Waals surface area contributed by atoms with Crippen molar-refractivity contribution in [1.82, 2.24) is 19.7 Å². The lowest BCUT2D eigenvalue weighted by atomic mass is 9.95. The summed E-state index contributed by atoms with van der Waals surface area (Å²) in [5, 5.41) is 7.68. The Morgan fingerprint density at radius 1 is 1.48 bits per heavy atom. The molecule has 0 aliphatic carbocycles. The summed E-state index contributed by atoms with van der Waals surface area (Å²) in [4.78, 5) is 21.0. The minimum absolute atomic E-state index is 0.367. The van der Waals surface area contributed by atoms with Crippen LogP contribution in [0, 0.1) is 6.92 Å². The number of nitrogens with one attached hydrogen (secondary N) is 1. The fraction of sp³-hybridized carbons (Fsp3) is 0.375. The maximum Gasteiger partial charge on any atom is 0.338 e. The van der Waals surface area contributed by atoms with Crippen molar-refractivity contribution in [2.45, 2.75) is 32.7 Å². The van der Waals surface area contributed by atoms with E-state index in [0.717, 1.165) is 24.1 Å². The smallest absolute Gasteiger partial charge is 0.338 e. The van der Waals surface area contributed by atoms with Crippen LogP contribution in [-0.4, -0.2) is 32.8 Å². The molecule has 0 spiro atoms. The van der Waals surface area contributed by atoms with Crippen molar-refractivity contribution < 1.29 is 9.53 Å². The monoisotopic (exact) mass is 313 g/mol. The molecule has 0 fully saturated rings. The van der Waals surface area contributed by atoms with E-state index in [9.17, 15) is 4.79 Å². The average Bonchev–Trinajstić information content (AvgIpc) is 2.93. The first kappa shape index (κ1) is 15.2. The molecule has 0 saturated heterocycles. The number of anilines is 1. The van der Waals surface area contributed by atoms with Crippen molar-refractivity contribution >= 4 is 11.9 Å². The number of carbonyl (C=O) groups is 1. The number of esters is 1. The highest BCUT2D eigenvalue weighted by molar-refractivity contribution is 5.92. The summed E-state index contributed by atoms with van der Waals surface area (Å²) in [6, 6.07) is 3.38. The molecule has 1 atom stereocenters. The Balaban J connectivity index is 2.21. The number of aromatic nitrogens is 4. The molecule has 0 radical (unpaired) electrons. The first-order valence-electron chi connectivity index (χ1n) is 7.57. The zero-order chi connectivity index (χ0) is 16.4. The lowest BCUT2D eigenvalue weighted by molar-refractivity contribution is -0.136. The number of rotatable bonds is 4. The Bertz CT molecular complexity index is 751. The molecule has 2 aromatic heterocycles. The number of ether oxygens (including phenoxy) is 1. The predicted molar refractivity (Wildman–Crippen MR) is 84.7 cm³/mol. The van der Waals surface area contributed by atoms with Crippen molar-refractivity contribution in [2.75, 3.05) is 12.4 Å². The molecule has 3 heterocycles. The minimum atomic E-state index is -0.393. The molecule has 3 rings (SSSR count). The van der Waals surface area contributed by atoms with Crippen LogP contribution in [-0.2, 0) is 9.53 Å². The summed E-state index contributed by atoms with van der Waals surface area (Å²) in [7, 11) is 1.39. The summed E-state index contributed by atoms with van der Waals surface area (Å²) >= 11 is 0. The quantitative estimate of drug-likeness (QED) is 0.872. The van der Waals surface area contributed by atoms with Gasteiger partial charge in [-0.25, -0.2) is 9.48 Å². The van der Waals surface area contributed by atoms with Crippen LogP contribution < -0.4 is 5.32 Å². The average molecular weight is 313 g/mol. The number of allylic oxidation sites excluding steroid dienone is 1. The van der Waals surface area contributed by atoms with Gasteiger partial charge in [0.05, 0.1) is 12.7 Å². The molecule has 2 aromatic rings. The van der Waals surface area contributed by atoms with Gasteiger partial charge in [-0.15, -0.1) is 0 Å². The molecule has 7 heteroatoms.